The predicted molar refractivity (Wildman–Crippen MR) is 65.2 cm³/mol. The Morgan fingerprint density at radius 2 is 2.12 bits per heavy atom. The molecule has 1 aliphatic heterocycles. The van der Waals surface area contributed by atoms with Crippen molar-refractivity contribution in [2.24, 2.45) is 11.7 Å². The number of nitrogens with two attached hydrogens (primary N) is 1. The fraction of sp³-hybridized carbons (Fsp3) is 1.00. The van der Waals surface area contributed by atoms with Gasteiger partial charge >= 0.3 is 0 Å². The molecule has 96 valence electrons. The Morgan fingerprint density at radius 1 is 1.44 bits per heavy atom. The number of nitrogens with one attached hydrogen (secondary N) is 1. The van der Waals surface area contributed by atoms with E-state index >= 15 is 0 Å². The summed E-state index contributed by atoms with van der Waals surface area (Å²) in [5.74, 6) is 0.300. The van der Waals surface area contributed by atoms with Crippen molar-refractivity contribution in [3.05, 3.63) is 0 Å². The third-order valence-electron chi connectivity index (χ3n) is 3.10. The van der Waals surface area contributed by atoms with E-state index in [0.29, 0.717) is 25.6 Å². The standard InChI is InChI=1S/C10H23N3O2S/c1-3-6-12-16(14,15)13-8-10(7-11)5-4-9(13)2/h9-10,12H,3-8,11H2,1-2H3. The second kappa shape index (κ2) is 5.95. The van der Waals surface area contributed by atoms with E-state index in [9.17, 15) is 8.42 Å². The highest BCUT2D eigenvalue weighted by Crippen LogP contribution is 2.23. The van der Waals surface area contributed by atoms with Crippen LogP contribution in [0, 0.1) is 5.92 Å². The van der Waals surface area contributed by atoms with Crippen LogP contribution >= 0.6 is 0 Å². The topological polar surface area (TPSA) is 75.4 Å². The molecule has 0 radical (unpaired) electrons. The first-order valence-electron chi connectivity index (χ1n) is 5.97. The molecule has 0 amide bonds. The van der Waals surface area contributed by atoms with Gasteiger partial charge in [0.05, 0.1) is 0 Å². The van der Waals surface area contributed by atoms with Crippen LogP contribution in [0.4, 0.5) is 0 Å². The number of rotatable bonds is 5. The van der Waals surface area contributed by atoms with E-state index in [1.165, 1.54) is 0 Å². The Kier molecular flexibility index (Phi) is 5.17. The molecule has 3 N–H and O–H groups in total. The third kappa shape index (κ3) is 3.41. The second-order valence-corrected chi connectivity index (χ2v) is 6.20. The molecule has 1 fully saturated rings. The molecular formula is C10H23N3O2S. The maximum Gasteiger partial charge on any atom is 0.279 e. The maximum absolute atomic E-state index is 12.0. The zero-order valence-corrected chi connectivity index (χ0v) is 11.0. The summed E-state index contributed by atoms with van der Waals surface area (Å²) in [6.07, 6.45) is 2.73. The normalized spacial score (nSPS) is 28.2. The number of nitrogens with zero attached hydrogens (tertiary/aromatic N) is 1. The Labute approximate surface area is 98.6 Å². The van der Waals surface area contributed by atoms with E-state index in [1.807, 2.05) is 13.8 Å². The second-order valence-electron chi connectivity index (χ2n) is 4.50. The molecule has 0 aromatic heterocycles. The lowest BCUT2D eigenvalue weighted by Crippen LogP contribution is -2.51. The van der Waals surface area contributed by atoms with Gasteiger partial charge in [-0.15, -0.1) is 0 Å². The van der Waals surface area contributed by atoms with E-state index in [0.717, 1.165) is 19.3 Å². The van der Waals surface area contributed by atoms with Crippen molar-refractivity contribution in [1.82, 2.24) is 9.03 Å². The highest BCUT2D eigenvalue weighted by molar-refractivity contribution is 7.87. The number of hydrogen-bond acceptors (Lipinski definition) is 3. The summed E-state index contributed by atoms with van der Waals surface area (Å²) in [7, 11) is -3.31. The number of hydrogen-bond donors (Lipinski definition) is 2. The largest absolute Gasteiger partial charge is 0.330 e. The van der Waals surface area contributed by atoms with Crippen LogP contribution in [0.5, 0.6) is 0 Å². The molecule has 1 heterocycles. The molecule has 0 aromatic rings. The van der Waals surface area contributed by atoms with Crippen molar-refractivity contribution in [3.63, 3.8) is 0 Å². The molecule has 0 spiro atoms. The highest BCUT2D eigenvalue weighted by atomic mass is 32.2. The average Bonchev–Trinajstić information content (AvgIpc) is 2.27. The molecule has 0 aromatic carbocycles. The van der Waals surface area contributed by atoms with Gasteiger partial charge in [0.15, 0.2) is 0 Å². The third-order valence-corrected chi connectivity index (χ3v) is 4.79. The van der Waals surface area contributed by atoms with Crippen molar-refractivity contribution in [1.29, 1.82) is 0 Å². The molecule has 1 saturated heterocycles. The molecule has 0 bridgehead atoms. The SMILES string of the molecule is CCCNS(=O)(=O)N1CC(CN)CCC1C. The summed E-state index contributed by atoms with van der Waals surface area (Å²) < 4.78 is 28.2. The van der Waals surface area contributed by atoms with Gasteiger partial charge in [0.25, 0.3) is 10.2 Å². The molecule has 16 heavy (non-hydrogen) atoms. The van der Waals surface area contributed by atoms with Gasteiger partial charge in [0.1, 0.15) is 0 Å². The lowest BCUT2D eigenvalue weighted by Gasteiger charge is -2.36. The Morgan fingerprint density at radius 3 is 2.69 bits per heavy atom. The molecule has 1 rings (SSSR count). The fourth-order valence-corrected chi connectivity index (χ4v) is 3.60. The van der Waals surface area contributed by atoms with Crippen LogP contribution in [0.15, 0.2) is 0 Å². The van der Waals surface area contributed by atoms with Gasteiger partial charge in [0, 0.05) is 19.1 Å². The summed E-state index contributed by atoms with van der Waals surface area (Å²) in [5, 5.41) is 0. The minimum Gasteiger partial charge on any atom is -0.330 e. The quantitative estimate of drug-likeness (QED) is 0.735. The minimum absolute atomic E-state index is 0.0807. The Bertz CT molecular complexity index is 305. The van der Waals surface area contributed by atoms with Gasteiger partial charge in [-0.25, -0.2) is 4.72 Å². The van der Waals surface area contributed by atoms with E-state index < -0.39 is 10.2 Å². The van der Waals surface area contributed by atoms with E-state index in [1.54, 1.807) is 4.31 Å². The predicted octanol–water partition coefficient (Wildman–Crippen LogP) is 0.290. The van der Waals surface area contributed by atoms with Crippen molar-refractivity contribution in [3.8, 4) is 0 Å². The smallest absolute Gasteiger partial charge is 0.279 e. The van der Waals surface area contributed by atoms with E-state index in [4.69, 9.17) is 5.73 Å². The average molecular weight is 249 g/mol. The van der Waals surface area contributed by atoms with Crippen molar-refractivity contribution < 1.29 is 8.42 Å². The Balaban J connectivity index is 2.68. The highest BCUT2D eigenvalue weighted by Gasteiger charge is 2.32. The summed E-state index contributed by atoms with van der Waals surface area (Å²) in [4.78, 5) is 0. The maximum atomic E-state index is 12.0. The van der Waals surface area contributed by atoms with Gasteiger partial charge in [-0.1, -0.05) is 6.92 Å². The van der Waals surface area contributed by atoms with Crippen molar-refractivity contribution in [2.45, 2.75) is 39.2 Å². The van der Waals surface area contributed by atoms with Gasteiger partial charge < -0.3 is 5.73 Å². The van der Waals surface area contributed by atoms with Crippen LogP contribution in [-0.2, 0) is 10.2 Å². The fourth-order valence-electron chi connectivity index (χ4n) is 1.99. The van der Waals surface area contributed by atoms with Gasteiger partial charge in [-0.3, -0.25) is 0 Å². The monoisotopic (exact) mass is 249 g/mol. The summed E-state index contributed by atoms with van der Waals surface area (Å²) in [6.45, 7) is 5.52. The van der Waals surface area contributed by atoms with Crippen LogP contribution in [0.3, 0.4) is 0 Å². The molecule has 5 nitrogen and oxygen atoms in total. The number of piperidine rings is 1. The molecule has 0 saturated carbocycles. The van der Waals surface area contributed by atoms with Crippen molar-refractivity contribution in [2.75, 3.05) is 19.6 Å². The van der Waals surface area contributed by atoms with Crippen LogP contribution in [-0.4, -0.2) is 38.4 Å². The molecular weight excluding hydrogens is 226 g/mol. The zero-order valence-electron chi connectivity index (χ0n) is 10.1. The molecule has 2 unspecified atom stereocenters. The van der Waals surface area contributed by atoms with Gasteiger partial charge in [-0.05, 0) is 38.6 Å². The van der Waals surface area contributed by atoms with Crippen molar-refractivity contribution >= 4 is 10.2 Å². The zero-order chi connectivity index (χ0) is 12.2. The van der Waals surface area contributed by atoms with Gasteiger partial charge in [0.2, 0.25) is 0 Å². The van der Waals surface area contributed by atoms with Crippen LogP contribution in [0.1, 0.15) is 33.1 Å². The van der Waals surface area contributed by atoms with Crippen LogP contribution < -0.4 is 10.5 Å². The van der Waals surface area contributed by atoms with Crippen LogP contribution in [0.25, 0.3) is 0 Å². The summed E-state index contributed by atoms with van der Waals surface area (Å²) in [5.41, 5.74) is 5.61. The molecule has 2 atom stereocenters. The lowest BCUT2D eigenvalue weighted by atomic mass is 9.96. The molecule has 0 aliphatic carbocycles. The molecule has 1 aliphatic rings. The first-order valence-corrected chi connectivity index (χ1v) is 7.41. The van der Waals surface area contributed by atoms with Crippen LogP contribution in [0.2, 0.25) is 0 Å². The van der Waals surface area contributed by atoms with E-state index in [-0.39, 0.29) is 6.04 Å². The lowest BCUT2D eigenvalue weighted by molar-refractivity contribution is 0.209. The summed E-state index contributed by atoms with van der Waals surface area (Å²) >= 11 is 0. The molecule has 6 heteroatoms. The first kappa shape index (κ1) is 13.9. The Hall–Kier alpha value is -0.170. The first-order chi connectivity index (χ1) is 7.51. The minimum atomic E-state index is -3.31. The van der Waals surface area contributed by atoms with Gasteiger partial charge in [-0.2, -0.15) is 12.7 Å². The summed E-state index contributed by atoms with van der Waals surface area (Å²) in [6, 6.07) is 0.0807. The van der Waals surface area contributed by atoms with E-state index in [2.05, 4.69) is 4.72 Å².